The molecule has 1 nitrogen and oxygen atoms in total. The van der Waals surface area contributed by atoms with Crippen molar-refractivity contribution >= 4 is 0 Å². The number of aromatic hydroxyl groups is 1. The van der Waals surface area contributed by atoms with Crippen LogP contribution in [0.15, 0.2) is 18.2 Å². The number of hydrogen-bond donors (Lipinski definition) is 1. The van der Waals surface area contributed by atoms with E-state index < -0.39 is 29.2 Å². The molecular formula is C9H8F4O. The first-order chi connectivity index (χ1) is 6.32. The third kappa shape index (κ3) is 2.16. The van der Waals surface area contributed by atoms with Gasteiger partial charge in [0.25, 0.3) is 0 Å². The fourth-order valence-electron chi connectivity index (χ4n) is 1.05. The van der Waals surface area contributed by atoms with Crippen LogP contribution in [0.2, 0.25) is 0 Å². The highest BCUT2D eigenvalue weighted by Gasteiger charge is 2.38. The van der Waals surface area contributed by atoms with Crippen LogP contribution in [-0.4, -0.2) is 11.3 Å². The van der Waals surface area contributed by atoms with Crippen LogP contribution in [-0.2, 0) is 0 Å². The van der Waals surface area contributed by atoms with Gasteiger partial charge in [0, 0.05) is 5.56 Å². The largest absolute Gasteiger partial charge is 0.508 e. The summed E-state index contributed by atoms with van der Waals surface area (Å²) in [6, 6.07) is 2.50. The van der Waals surface area contributed by atoms with E-state index in [1.807, 2.05) is 0 Å². The van der Waals surface area contributed by atoms with Crippen molar-refractivity contribution in [3.8, 4) is 5.75 Å². The second-order valence-corrected chi connectivity index (χ2v) is 2.97. The Morgan fingerprint density at radius 3 is 2.36 bits per heavy atom. The molecule has 1 rings (SSSR count). The van der Waals surface area contributed by atoms with Gasteiger partial charge in [0.05, 0.1) is 5.92 Å². The Morgan fingerprint density at radius 1 is 1.29 bits per heavy atom. The number of benzene rings is 1. The fourth-order valence-corrected chi connectivity index (χ4v) is 1.05. The molecule has 1 aromatic carbocycles. The standard InChI is InChI=1S/C9H8F4O/c1-5(9(11,12)13)7-4-6(10)2-3-8(7)14/h2-5,14H,1H3. The van der Waals surface area contributed by atoms with Crippen LogP contribution in [0, 0.1) is 5.82 Å². The van der Waals surface area contributed by atoms with Crippen LogP contribution in [0.4, 0.5) is 17.6 Å². The van der Waals surface area contributed by atoms with Crippen LogP contribution in [0.1, 0.15) is 18.4 Å². The molecule has 1 atom stereocenters. The summed E-state index contributed by atoms with van der Waals surface area (Å²) >= 11 is 0. The number of phenolic OH excluding ortho intramolecular Hbond substituents is 1. The molecule has 0 amide bonds. The van der Waals surface area contributed by atoms with E-state index in [1.54, 1.807) is 0 Å². The van der Waals surface area contributed by atoms with Crippen molar-refractivity contribution in [2.75, 3.05) is 0 Å². The lowest BCUT2D eigenvalue weighted by molar-refractivity contribution is -0.146. The Hall–Kier alpha value is -1.26. The highest BCUT2D eigenvalue weighted by atomic mass is 19.4. The van der Waals surface area contributed by atoms with Crippen molar-refractivity contribution in [3.63, 3.8) is 0 Å². The zero-order valence-corrected chi connectivity index (χ0v) is 7.27. The van der Waals surface area contributed by atoms with Crippen molar-refractivity contribution in [2.45, 2.75) is 19.0 Å². The van der Waals surface area contributed by atoms with Gasteiger partial charge in [-0.05, 0) is 25.1 Å². The normalized spacial score (nSPS) is 14.1. The van der Waals surface area contributed by atoms with Gasteiger partial charge in [-0.2, -0.15) is 13.2 Å². The van der Waals surface area contributed by atoms with Gasteiger partial charge in [-0.3, -0.25) is 0 Å². The van der Waals surface area contributed by atoms with Crippen LogP contribution in [0.5, 0.6) is 5.75 Å². The van der Waals surface area contributed by atoms with Crippen molar-refractivity contribution in [1.82, 2.24) is 0 Å². The molecule has 0 fully saturated rings. The third-order valence-corrected chi connectivity index (χ3v) is 1.95. The predicted molar refractivity (Wildman–Crippen MR) is 42.5 cm³/mol. The summed E-state index contributed by atoms with van der Waals surface area (Å²) in [6.07, 6.45) is -4.48. The minimum atomic E-state index is -4.48. The van der Waals surface area contributed by atoms with Gasteiger partial charge in [0.1, 0.15) is 11.6 Å². The predicted octanol–water partition coefficient (Wildman–Crippen LogP) is 3.20. The molecule has 0 aromatic heterocycles. The number of hydrogen-bond acceptors (Lipinski definition) is 1. The van der Waals surface area contributed by atoms with Crippen molar-refractivity contribution in [3.05, 3.63) is 29.6 Å². The van der Waals surface area contributed by atoms with Crippen molar-refractivity contribution in [2.24, 2.45) is 0 Å². The lowest BCUT2D eigenvalue weighted by Crippen LogP contribution is -2.17. The lowest BCUT2D eigenvalue weighted by atomic mass is 9.99. The molecule has 0 aliphatic rings. The molecule has 0 aliphatic heterocycles. The molecule has 1 unspecified atom stereocenters. The Bertz CT molecular complexity index is 332. The summed E-state index contributed by atoms with van der Waals surface area (Å²) in [5, 5.41) is 9.10. The Kier molecular flexibility index (Phi) is 2.69. The summed E-state index contributed by atoms with van der Waals surface area (Å²) in [5.41, 5.74) is -0.447. The number of halogens is 4. The maximum absolute atomic E-state index is 12.6. The maximum atomic E-state index is 12.6. The van der Waals surface area contributed by atoms with E-state index in [1.165, 1.54) is 0 Å². The summed E-state index contributed by atoms with van der Waals surface area (Å²) in [4.78, 5) is 0. The number of alkyl halides is 3. The Balaban J connectivity index is 3.12. The molecule has 1 aromatic rings. The van der Waals surface area contributed by atoms with Gasteiger partial charge < -0.3 is 5.11 Å². The average Bonchev–Trinajstić information content (AvgIpc) is 2.06. The first-order valence-corrected chi connectivity index (χ1v) is 3.87. The van der Waals surface area contributed by atoms with Gasteiger partial charge in [0.2, 0.25) is 0 Å². The summed E-state index contributed by atoms with van der Waals surface area (Å²) in [7, 11) is 0. The fraction of sp³-hybridized carbons (Fsp3) is 0.333. The van der Waals surface area contributed by atoms with Gasteiger partial charge >= 0.3 is 6.18 Å². The highest BCUT2D eigenvalue weighted by Crippen LogP contribution is 2.38. The molecule has 5 heteroatoms. The first-order valence-electron chi connectivity index (χ1n) is 3.87. The smallest absolute Gasteiger partial charge is 0.395 e. The zero-order valence-electron chi connectivity index (χ0n) is 7.27. The number of phenols is 1. The maximum Gasteiger partial charge on any atom is 0.395 e. The molecule has 14 heavy (non-hydrogen) atoms. The Labute approximate surface area is 78.0 Å². The van der Waals surface area contributed by atoms with E-state index in [0.717, 1.165) is 19.1 Å². The van der Waals surface area contributed by atoms with E-state index in [2.05, 4.69) is 0 Å². The SMILES string of the molecule is CC(c1cc(F)ccc1O)C(F)(F)F. The van der Waals surface area contributed by atoms with Gasteiger partial charge in [0.15, 0.2) is 0 Å². The minimum Gasteiger partial charge on any atom is -0.508 e. The van der Waals surface area contributed by atoms with Gasteiger partial charge in [-0.1, -0.05) is 0 Å². The average molecular weight is 208 g/mol. The minimum absolute atomic E-state index is 0.447. The molecule has 0 saturated heterocycles. The summed E-state index contributed by atoms with van der Waals surface area (Å²) in [5.74, 6) is -3.22. The van der Waals surface area contributed by atoms with Crippen molar-refractivity contribution in [1.29, 1.82) is 0 Å². The first kappa shape index (κ1) is 10.8. The van der Waals surface area contributed by atoms with E-state index in [-0.39, 0.29) is 0 Å². The zero-order chi connectivity index (χ0) is 10.9. The topological polar surface area (TPSA) is 20.2 Å². The monoisotopic (exact) mass is 208 g/mol. The van der Waals surface area contributed by atoms with E-state index in [4.69, 9.17) is 5.11 Å². The second-order valence-electron chi connectivity index (χ2n) is 2.97. The molecule has 0 aliphatic carbocycles. The highest BCUT2D eigenvalue weighted by molar-refractivity contribution is 5.35. The molecule has 0 radical (unpaired) electrons. The number of rotatable bonds is 1. The molecule has 0 spiro atoms. The molecular weight excluding hydrogens is 200 g/mol. The quantitative estimate of drug-likeness (QED) is 0.702. The molecule has 0 heterocycles. The van der Waals surface area contributed by atoms with Crippen LogP contribution >= 0.6 is 0 Å². The third-order valence-electron chi connectivity index (χ3n) is 1.95. The van der Waals surface area contributed by atoms with E-state index in [0.29, 0.717) is 6.07 Å². The Morgan fingerprint density at radius 2 is 1.86 bits per heavy atom. The summed E-state index contributed by atoms with van der Waals surface area (Å²) in [6.45, 7) is 0.870. The molecule has 0 bridgehead atoms. The van der Waals surface area contributed by atoms with E-state index in [9.17, 15) is 17.6 Å². The molecule has 0 saturated carbocycles. The van der Waals surface area contributed by atoms with Gasteiger partial charge in [-0.15, -0.1) is 0 Å². The molecule has 78 valence electrons. The summed E-state index contributed by atoms with van der Waals surface area (Å²) < 4.78 is 49.3. The van der Waals surface area contributed by atoms with E-state index >= 15 is 0 Å². The second kappa shape index (κ2) is 3.48. The van der Waals surface area contributed by atoms with Crippen LogP contribution in [0.25, 0.3) is 0 Å². The van der Waals surface area contributed by atoms with Crippen LogP contribution < -0.4 is 0 Å². The van der Waals surface area contributed by atoms with Crippen molar-refractivity contribution < 1.29 is 22.7 Å². The molecule has 1 N–H and O–H groups in total. The van der Waals surface area contributed by atoms with Gasteiger partial charge in [-0.25, -0.2) is 4.39 Å². The van der Waals surface area contributed by atoms with Crippen LogP contribution in [0.3, 0.4) is 0 Å². The lowest BCUT2D eigenvalue weighted by Gasteiger charge is -2.16.